The van der Waals surface area contributed by atoms with Crippen LogP contribution in [0.25, 0.3) is 0 Å². The summed E-state index contributed by atoms with van der Waals surface area (Å²) in [6.07, 6.45) is 0. The summed E-state index contributed by atoms with van der Waals surface area (Å²) in [6.45, 7) is 2.66. The Morgan fingerprint density at radius 1 is 1.41 bits per heavy atom. The number of nitrogens with one attached hydrogen (secondary N) is 3. The van der Waals surface area contributed by atoms with E-state index in [1.165, 1.54) is 0 Å². The van der Waals surface area contributed by atoms with Gasteiger partial charge in [0, 0.05) is 16.7 Å². The van der Waals surface area contributed by atoms with Gasteiger partial charge in [0.25, 0.3) is 0 Å². The van der Waals surface area contributed by atoms with Crippen molar-refractivity contribution in [1.82, 2.24) is 10.6 Å². The molecule has 1 amide bonds. The van der Waals surface area contributed by atoms with Crippen molar-refractivity contribution >= 4 is 44.9 Å². The molecule has 92 valence electrons. The summed E-state index contributed by atoms with van der Waals surface area (Å²) in [5.41, 5.74) is 0.868. The Labute approximate surface area is 114 Å². The minimum absolute atomic E-state index is 0.0779. The standard InChI is InChI=1S/C11H14BrN3OS/c1-2-13-10(16)7-14-11(17)15-9-5-3-4-8(12)6-9/h3-6H,2,7H2,1H3,(H,13,16)(H2,14,15,17). The fraction of sp³-hybridized carbons (Fsp3) is 0.273. The Kier molecular flexibility index (Phi) is 5.93. The van der Waals surface area contributed by atoms with Crippen molar-refractivity contribution in [3.8, 4) is 0 Å². The minimum Gasteiger partial charge on any atom is -0.355 e. The molecule has 0 aromatic heterocycles. The van der Waals surface area contributed by atoms with Gasteiger partial charge in [-0.2, -0.15) is 0 Å². The summed E-state index contributed by atoms with van der Waals surface area (Å²) in [4.78, 5) is 11.2. The molecule has 0 saturated carbocycles. The number of carbonyl (C=O) groups excluding carboxylic acids is 1. The van der Waals surface area contributed by atoms with Crippen molar-refractivity contribution in [1.29, 1.82) is 0 Å². The Balaban J connectivity index is 2.37. The monoisotopic (exact) mass is 315 g/mol. The zero-order chi connectivity index (χ0) is 12.7. The molecule has 0 aliphatic rings. The maximum Gasteiger partial charge on any atom is 0.239 e. The number of hydrogen-bond donors (Lipinski definition) is 3. The van der Waals surface area contributed by atoms with Gasteiger partial charge < -0.3 is 16.0 Å². The molecule has 6 heteroatoms. The first-order valence-corrected chi connectivity index (χ1v) is 6.39. The number of thiocarbonyl (C=S) groups is 1. The highest BCUT2D eigenvalue weighted by atomic mass is 79.9. The lowest BCUT2D eigenvalue weighted by Gasteiger charge is -2.10. The van der Waals surface area contributed by atoms with Gasteiger partial charge >= 0.3 is 0 Å². The number of likely N-dealkylation sites (N-methyl/N-ethyl adjacent to an activating group) is 1. The van der Waals surface area contributed by atoms with Crippen LogP contribution >= 0.6 is 28.1 Å². The SMILES string of the molecule is CCNC(=O)CNC(=S)Nc1cccc(Br)c1. The van der Waals surface area contributed by atoms with Crippen LogP contribution in [0.5, 0.6) is 0 Å². The molecule has 17 heavy (non-hydrogen) atoms. The summed E-state index contributed by atoms with van der Waals surface area (Å²) >= 11 is 8.43. The van der Waals surface area contributed by atoms with Gasteiger partial charge in [0.1, 0.15) is 0 Å². The fourth-order valence-electron chi connectivity index (χ4n) is 1.16. The van der Waals surface area contributed by atoms with Crippen molar-refractivity contribution < 1.29 is 4.79 Å². The van der Waals surface area contributed by atoms with E-state index in [2.05, 4.69) is 31.9 Å². The van der Waals surface area contributed by atoms with Gasteiger partial charge in [-0.15, -0.1) is 0 Å². The molecule has 3 N–H and O–H groups in total. The molecule has 0 bridgehead atoms. The third-order valence-electron chi connectivity index (χ3n) is 1.87. The average Bonchev–Trinajstić information content (AvgIpc) is 2.27. The number of rotatable bonds is 4. The lowest BCUT2D eigenvalue weighted by atomic mass is 10.3. The molecular formula is C11H14BrN3OS. The number of amides is 1. The Morgan fingerprint density at radius 3 is 2.82 bits per heavy atom. The molecule has 0 saturated heterocycles. The Hall–Kier alpha value is -1.14. The highest BCUT2D eigenvalue weighted by molar-refractivity contribution is 9.10. The van der Waals surface area contributed by atoms with E-state index < -0.39 is 0 Å². The maximum absolute atomic E-state index is 11.2. The normalized spacial score (nSPS) is 9.53. The van der Waals surface area contributed by atoms with Gasteiger partial charge in [-0.3, -0.25) is 4.79 Å². The van der Waals surface area contributed by atoms with Gasteiger partial charge in [-0.25, -0.2) is 0 Å². The molecule has 1 rings (SSSR count). The van der Waals surface area contributed by atoms with Gasteiger partial charge in [-0.1, -0.05) is 22.0 Å². The van der Waals surface area contributed by atoms with Crippen LogP contribution in [0.3, 0.4) is 0 Å². The first-order chi connectivity index (χ1) is 8.11. The average molecular weight is 316 g/mol. The molecule has 0 heterocycles. The van der Waals surface area contributed by atoms with Crippen molar-refractivity contribution in [3.63, 3.8) is 0 Å². The van der Waals surface area contributed by atoms with E-state index in [-0.39, 0.29) is 12.5 Å². The zero-order valence-electron chi connectivity index (χ0n) is 9.42. The number of halogens is 1. The van der Waals surface area contributed by atoms with Crippen LogP contribution < -0.4 is 16.0 Å². The third-order valence-corrected chi connectivity index (χ3v) is 2.61. The molecule has 0 fully saturated rings. The molecule has 4 nitrogen and oxygen atoms in total. The van der Waals surface area contributed by atoms with E-state index in [9.17, 15) is 4.79 Å². The number of benzene rings is 1. The predicted octanol–water partition coefficient (Wildman–Crippen LogP) is 1.87. The second-order valence-corrected chi connectivity index (χ2v) is 4.60. The Morgan fingerprint density at radius 2 is 2.18 bits per heavy atom. The molecule has 1 aromatic rings. The minimum atomic E-state index is -0.0779. The van der Waals surface area contributed by atoms with Crippen LogP contribution in [0.4, 0.5) is 5.69 Å². The molecule has 0 spiro atoms. The van der Waals surface area contributed by atoms with E-state index in [1.807, 2.05) is 31.2 Å². The molecule has 1 aromatic carbocycles. The van der Waals surface area contributed by atoms with Crippen LogP contribution in [0, 0.1) is 0 Å². The summed E-state index contributed by atoms with van der Waals surface area (Å²) in [7, 11) is 0. The van der Waals surface area contributed by atoms with Gasteiger partial charge in [0.2, 0.25) is 5.91 Å². The summed E-state index contributed by atoms with van der Waals surface area (Å²) in [5, 5.41) is 8.92. The highest BCUT2D eigenvalue weighted by Gasteiger charge is 2.01. The topological polar surface area (TPSA) is 53.2 Å². The van der Waals surface area contributed by atoms with Crippen LogP contribution in [-0.4, -0.2) is 24.1 Å². The second kappa shape index (κ2) is 7.24. The van der Waals surface area contributed by atoms with Crippen LogP contribution in [0.2, 0.25) is 0 Å². The van der Waals surface area contributed by atoms with Crippen LogP contribution in [0.1, 0.15) is 6.92 Å². The van der Waals surface area contributed by atoms with Gasteiger partial charge in [-0.05, 0) is 37.3 Å². The smallest absolute Gasteiger partial charge is 0.239 e. The maximum atomic E-state index is 11.2. The van der Waals surface area contributed by atoms with Gasteiger partial charge in [0.15, 0.2) is 5.11 Å². The molecule has 0 atom stereocenters. The second-order valence-electron chi connectivity index (χ2n) is 3.27. The summed E-state index contributed by atoms with van der Waals surface area (Å²) in [6, 6.07) is 7.63. The van der Waals surface area contributed by atoms with Gasteiger partial charge in [0.05, 0.1) is 6.54 Å². The summed E-state index contributed by atoms with van der Waals surface area (Å²) in [5.74, 6) is -0.0779. The zero-order valence-corrected chi connectivity index (χ0v) is 11.8. The quantitative estimate of drug-likeness (QED) is 0.743. The van der Waals surface area contributed by atoms with Crippen LogP contribution in [-0.2, 0) is 4.79 Å². The van der Waals surface area contributed by atoms with E-state index in [0.29, 0.717) is 11.7 Å². The molecular weight excluding hydrogens is 302 g/mol. The van der Waals surface area contributed by atoms with Crippen molar-refractivity contribution in [3.05, 3.63) is 28.7 Å². The van der Waals surface area contributed by atoms with Crippen molar-refractivity contribution in [2.45, 2.75) is 6.92 Å². The highest BCUT2D eigenvalue weighted by Crippen LogP contribution is 2.15. The molecule has 0 aliphatic heterocycles. The van der Waals surface area contributed by atoms with Crippen LogP contribution in [0.15, 0.2) is 28.7 Å². The lowest BCUT2D eigenvalue weighted by Crippen LogP contribution is -2.38. The lowest BCUT2D eigenvalue weighted by molar-refractivity contribution is -0.119. The first kappa shape index (κ1) is 13.9. The van der Waals surface area contributed by atoms with E-state index in [0.717, 1.165) is 10.2 Å². The largest absolute Gasteiger partial charge is 0.355 e. The fourth-order valence-corrected chi connectivity index (χ4v) is 1.75. The number of anilines is 1. The number of carbonyl (C=O) groups is 1. The predicted molar refractivity (Wildman–Crippen MR) is 77.0 cm³/mol. The van der Waals surface area contributed by atoms with Crippen molar-refractivity contribution in [2.24, 2.45) is 0 Å². The third kappa shape index (κ3) is 5.65. The molecule has 0 radical (unpaired) electrons. The molecule has 0 aliphatic carbocycles. The molecule has 0 unspecified atom stereocenters. The Bertz CT molecular complexity index is 411. The summed E-state index contributed by atoms with van der Waals surface area (Å²) < 4.78 is 0.967. The number of hydrogen-bond acceptors (Lipinski definition) is 2. The first-order valence-electron chi connectivity index (χ1n) is 5.19. The van der Waals surface area contributed by atoms with E-state index in [4.69, 9.17) is 12.2 Å². The van der Waals surface area contributed by atoms with E-state index in [1.54, 1.807) is 0 Å². The van der Waals surface area contributed by atoms with Crippen molar-refractivity contribution in [2.75, 3.05) is 18.4 Å². The van der Waals surface area contributed by atoms with E-state index >= 15 is 0 Å².